The fourth-order valence-corrected chi connectivity index (χ4v) is 5.64. The van der Waals surface area contributed by atoms with Gasteiger partial charge < -0.3 is 4.57 Å². The van der Waals surface area contributed by atoms with Crippen LogP contribution in [0.3, 0.4) is 0 Å². The van der Waals surface area contributed by atoms with Crippen molar-refractivity contribution < 1.29 is 0 Å². The van der Waals surface area contributed by atoms with E-state index in [9.17, 15) is 0 Å². The fourth-order valence-electron chi connectivity index (χ4n) is 1.64. The Hall–Kier alpha value is 0.207. The monoisotopic (exact) mass is 219 g/mol. The second-order valence-corrected chi connectivity index (χ2v) is 8.71. The summed E-state index contributed by atoms with van der Waals surface area (Å²) in [5.41, 5.74) is 2.59. The Bertz CT molecular complexity index is 159. The van der Waals surface area contributed by atoms with Gasteiger partial charge in [-0.25, -0.2) is 0 Å². The van der Waals surface area contributed by atoms with E-state index in [0.29, 0.717) is 5.54 Å². The first-order valence-electron chi connectivity index (χ1n) is 5.14. The SMILES string of the molecule is C=C[Si](Cl)(C(C)CC)N(CC)CC. The maximum Gasteiger partial charge on any atom is 0.255 e. The van der Waals surface area contributed by atoms with Crippen molar-refractivity contribution in [1.29, 1.82) is 0 Å². The molecule has 0 saturated heterocycles. The van der Waals surface area contributed by atoms with Gasteiger partial charge in [-0.2, -0.15) is 0 Å². The lowest BCUT2D eigenvalue weighted by molar-refractivity contribution is 0.466. The number of rotatable bonds is 6. The molecule has 0 aromatic carbocycles. The van der Waals surface area contributed by atoms with Gasteiger partial charge in [0.1, 0.15) is 0 Å². The van der Waals surface area contributed by atoms with Crippen LogP contribution in [0.15, 0.2) is 12.3 Å². The Kier molecular flexibility index (Phi) is 5.93. The zero-order valence-electron chi connectivity index (χ0n) is 9.31. The van der Waals surface area contributed by atoms with E-state index in [-0.39, 0.29) is 0 Å². The molecule has 2 unspecified atom stereocenters. The molecule has 0 amide bonds. The van der Waals surface area contributed by atoms with Crippen molar-refractivity contribution in [3.05, 3.63) is 12.3 Å². The van der Waals surface area contributed by atoms with Crippen LogP contribution >= 0.6 is 11.1 Å². The van der Waals surface area contributed by atoms with E-state index in [0.717, 1.165) is 19.5 Å². The van der Waals surface area contributed by atoms with Gasteiger partial charge in [0.25, 0.3) is 7.55 Å². The molecule has 0 rings (SSSR count). The Morgan fingerprint density at radius 2 is 1.85 bits per heavy atom. The Morgan fingerprint density at radius 1 is 1.38 bits per heavy atom. The van der Waals surface area contributed by atoms with Crippen molar-refractivity contribution in [1.82, 2.24) is 4.57 Å². The van der Waals surface area contributed by atoms with Crippen LogP contribution in [-0.2, 0) is 0 Å². The molecule has 2 atom stereocenters. The van der Waals surface area contributed by atoms with Gasteiger partial charge in [-0.1, -0.05) is 39.8 Å². The Morgan fingerprint density at radius 3 is 2.08 bits per heavy atom. The molecular formula is C10H22ClNSi. The molecule has 0 bridgehead atoms. The highest BCUT2D eigenvalue weighted by atomic mass is 35.6. The quantitative estimate of drug-likeness (QED) is 0.488. The first-order chi connectivity index (χ1) is 6.06. The van der Waals surface area contributed by atoms with E-state index in [1.165, 1.54) is 0 Å². The van der Waals surface area contributed by atoms with Gasteiger partial charge >= 0.3 is 0 Å². The van der Waals surface area contributed by atoms with Crippen molar-refractivity contribution in [3.8, 4) is 0 Å². The highest BCUT2D eigenvalue weighted by molar-refractivity contribution is 7.22. The van der Waals surface area contributed by atoms with Gasteiger partial charge in [-0.3, -0.25) is 0 Å². The standard InChI is InChI=1S/C10H22ClNSi/c1-6-10(5)13(11,9-4)12(7-2)8-3/h9-10H,4,6-8H2,1-3,5H3. The van der Waals surface area contributed by atoms with E-state index in [2.05, 4.69) is 38.8 Å². The lowest BCUT2D eigenvalue weighted by atomic mass is 10.4. The molecule has 0 saturated carbocycles. The van der Waals surface area contributed by atoms with Gasteiger partial charge in [0, 0.05) is 0 Å². The molecule has 0 aliphatic rings. The molecule has 0 aliphatic carbocycles. The first kappa shape index (κ1) is 13.2. The second kappa shape index (κ2) is 5.84. The van der Waals surface area contributed by atoms with E-state index in [1.807, 2.05) is 5.70 Å². The normalized spacial score (nSPS) is 18.3. The molecule has 0 aromatic rings. The van der Waals surface area contributed by atoms with Crippen molar-refractivity contribution in [2.24, 2.45) is 0 Å². The number of hydrogen-bond donors (Lipinski definition) is 0. The summed E-state index contributed by atoms with van der Waals surface area (Å²) in [5, 5.41) is 0. The van der Waals surface area contributed by atoms with Crippen LogP contribution in [0.2, 0.25) is 5.54 Å². The van der Waals surface area contributed by atoms with Crippen LogP contribution in [0.1, 0.15) is 34.1 Å². The largest absolute Gasteiger partial charge is 0.309 e. The van der Waals surface area contributed by atoms with Crippen LogP contribution in [0, 0.1) is 0 Å². The maximum atomic E-state index is 6.69. The zero-order chi connectivity index (χ0) is 10.5. The number of nitrogens with zero attached hydrogens (tertiary/aromatic N) is 1. The predicted molar refractivity (Wildman–Crippen MR) is 64.4 cm³/mol. The summed E-state index contributed by atoms with van der Waals surface area (Å²) in [4.78, 5) is 0. The minimum Gasteiger partial charge on any atom is -0.309 e. The van der Waals surface area contributed by atoms with Gasteiger partial charge in [-0.05, 0) is 18.6 Å². The molecule has 0 aliphatic heterocycles. The second-order valence-electron chi connectivity index (χ2n) is 3.41. The van der Waals surface area contributed by atoms with Crippen LogP contribution in [0.4, 0.5) is 0 Å². The third-order valence-electron chi connectivity index (χ3n) is 2.84. The average Bonchev–Trinajstić information content (AvgIpc) is 2.17. The highest BCUT2D eigenvalue weighted by Gasteiger charge is 2.38. The molecule has 0 heterocycles. The van der Waals surface area contributed by atoms with E-state index >= 15 is 0 Å². The molecule has 13 heavy (non-hydrogen) atoms. The third-order valence-corrected chi connectivity index (χ3v) is 9.10. The van der Waals surface area contributed by atoms with E-state index < -0.39 is 7.55 Å². The van der Waals surface area contributed by atoms with Gasteiger partial charge in [0.05, 0.1) is 0 Å². The van der Waals surface area contributed by atoms with Crippen molar-refractivity contribution in [2.45, 2.75) is 39.7 Å². The topological polar surface area (TPSA) is 3.24 Å². The first-order valence-corrected chi connectivity index (χ1v) is 8.25. The summed E-state index contributed by atoms with van der Waals surface area (Å²) >= 11 is 6.69. The molecular weight excluding hydrogens is 198 g/mol. The minimum atomic E-state index is -1.89. The fraction of sp³-hybridized carbons (Fsp3) is 0.800. The molecule has 3 heteroatoms. The van der Waals surface area contributed by atoms with Gasteiger partial charge in [0.15, 0.2) is 0 Å². The minimum absolute atomic E-state index is 0.576. The van der Waals surface area contributed by atoms with Crippen LogP contribution in [0.5, 0.6) is 0 Å². The van der Waals surface area contributed by atoms with E-state index in [1.54, 1.807) is 0 Å². The molecule has 0 fully saturated rings. The lowest BCUT2D eigenvalue weighted by Crippen LogP contribution is -2.50. The Labute approximate surface area is 88.6 Å². The third kappa shape index (κ3) is 2.83. The summed E-state index contributed by atoms with van der Waals surface area (Å²) in [5.74, 6) is 0. The Balaban J connectivity index is 4.67. The van der Waals surface area contributed by atoms with Crippen molar-refractivity contribution in [2.75, 3.05) is 13.1 Å². The van der Waals surface area contributed by atoms with Crippen molar-refractivity contribution in [3.63, 3.8) is 0 Å². The summed E-state index contributed by atoms with van der Waals surface area (Å²) < 4.78 is 2.38. The van der Waals surface area contributed by atoms with Gasteiger partial charge in [0.2, 0.25) is 0 Å². The summed E-state index contributed by atoms with van der Waals surface area (Å²) in [7, 11) is -1.89. The van der Waals surface area contributed by atoms with Crippen molar-refractivity contribution >= 4 is 18.6 Å². The highest BCUT2D eigenvalue weighted by Crippen LogP contribution is 2.32. The molecule has 78 valence electrons. The predicted octanol–water partition coefficient (Wildman–Crippen LogP) is 3.53. The molecule has 1 nitrogen and oxygen atoms in total. The molecule has 0 spiro atoms. The van der Waals surface area contributed by atoms with Crippen LogP contribution < -0.4 is 0 Å². The van der Waals surface area contributed by atoms with Crippen LogP contribution in [-0.4, -0.2) is 25.2 Å². The average molecular weight is 220 g/mol. The number of halogens is 1. The zero-order valence-corrected chi connectivity index (χ0v) is 11.1. The summed E-state index contributed by atoms with van der Waals surface area (Å²) in [6.07, 6.45) is 1.14. The van der Waals surface area contributed by atoms with Crippen LogP contribution in [0.25, 0.3) is 0 Å². The molecule has 0 N–H and O–H groups in total. The maximum absolute atomic E-state index is 6.69. The van der Waals surface area contributed by atoms with E-state index in [4.69, 9.17) is 11.1 Å². The van der Waals surface area contributed by atoms with Gasteiger partial charge in [-0.15, -0.1) is 17.7 Å². The molecule has 0 aromatic heterocycles. The summed E-state index contributed by atoms with van der Waals surface area (Å²) in [6.45, 7) is 14.7. The number of hydrogen-bond acceptors (Lipinski definition) is 1. The lowest BCUT2D eigenvalue weighted by Gasteiger charge is -2.37. The smallest absolute Gasteiger partial charge is 0.255 e. The molecule has 0 radical (unpaired) electrons. The summed E-state index contributed by atoms with van der Waals surface area (Å²) in [6, 6.07) is 0.